The van der Waals surface area contributed by atoms with Crippen molar-refractivity contribution in [3.05, 3.63) is 23.7 Å². The van der Waals surface area contributed by atoms with Crippen molar-refractivity contribution >= 4 is 0 Å². The quantitative estimate of drug-likeness (QED) is 0.817. The zero-order valence-electron chi connectivity index (χ0n) is 13.4. The van der Waals surface area contributed by atoms with Gasteiger partial charge in [-0.2, -0.15) is 0 Å². The minimum absolute atomic E-state index is 0.175. The maximum absolute atomic E-state index is 5.67. The molecule has 1 unspecified atom stereocenters. The molecule has 0 spiro atoms. The van der Waals surface area contributed by atoms with E-state index in [-0.39, 0.29) is 5.54 Å². The average Bonchev–Trinajstić information content (AvgIpc) is 2.68. The Bertz CT molecular complexity index is 365. The normalized spacial score (nSPS) is 14.1. The molecule has 3 heteroatoms. The van der Waals surface area contributed by atoms with E-state index < -0.39 is 0 Å². The van der Waals surface area contributed by atoms with Crippen LogP contribution in [0.5, 0.6) is 0 Å². The number of rotatable bonds is 7. The molecule has 110 valence electrons. The lowest BCUT2D eigenvalue weighted by molar-refractivity contribution is 0.189. The zero-order chi connectivity index (χ0) is 14.5. The van der Waals surface area contributed by atoms with Crippen LogP contribution in [0.3, 0.4) is 0 Å². The van der Waals surface area contributed by atoms with E-state index in [1.165, 1.54) is 12.8 Å². The second kappa shape index (κ2) is 7.11. The second-order valence-corrected chi connectivity index (χ2v) is 6.50. The van der Waals surface area contributed by atoms with Crippen LogP contribution in [0.15, 0.2) is 16.5 Å². The predicted octanol–water partition coefficient (Wildman–Crippen LogP) is 3.58. The maximum Gasteiger partial charge on any atom is 0.118 e. The Balaban J connectivity index is 2.54. The summed E-state index contributed by atoms with van der Waals surface area (Å²) in [7, 11) is 2.18. The number of likely N-dealkylation sites (N-methyl/N-ethyl adjacent to an activating group) is 1. The highest BCUT2D eigenvalue weighted by molar-refractivity contribution is 5.05. The van der Waals surface area contributed by atoms with Crippen LogP contribution in [0, 0.1) is 6.92 Å². The molecule has 1 aromatic heterocycles. The first-order chi connectivity index (χ1) is 8.81. The highest BCUT2D eigenvalue weighted by atomic mass is 16.3. The summed E-state index contributed by atoms with van der Waals surface area (Å²) in [6.07, 6.45) is 2.41. The monoisotopic (exact) mass is 266 g/mol. The third-order valence-electron chi connectivity index (χ3n) is 3.31. The number of furan rings is 1. The van der Waals surface area contributed by atoms with Crippen LogP contribution in [0.25, 0.3) is 0 Å². The molecule has 0 saturated heterocycles. The van der Waals surface area contributed by atoms with Crippen LogP contribution in [-0.2, 0) is 6.54 Å². The fourth-order valence-corrected chi connectivity index (χ4v) is 2.18. The summed E-state index contributed by atoms with van der Waals surface area (Å²) in [4.78, 5) is 2.39. The van der Waals surface area contributed by atoms with Gasteiger partial charge in [-0.1, -0.05) is 13.3 Å². The first-order valence-corrected chi connectivity index (χ1v) is 7.32. The zero-order valence-corrected chi connectivity index (χ0v) is 13.4. The van der Waals surface area contributed by atoms with E-state index in [4.69, 9.17) is 4.42 Å². The predicted molar refractivity (Wildman–Crippen MR) is 81.4 cm³/mol. The van der Waals surface area contributed by atoms with Crippen molar-refractivity contribution in [3.63, 3.8) is 0 Å². The standard InChI is InChI=1S/C16H30N2O/c1-7-8-14(11-17-16(3,4)5)18(6)12-15-10-9-13(2)19-15/h9-10,14,17H,7-8,11-12H2,1-6H3. The molecule has 1 aromatic rings. The lowest BCUT2D eigenvalue weighted by Crippen LogP contribution is -2.46. The van der Waals surface area contributed by atoms with Crippen molar-refractivity contribution in [3.8, 4) is 0 Å². The number of hydrogen-bond acceptors (Lipinski definition) is 3. The van der Waals surface area contributed by atoms with Gasteiger partial charge in [-0.25, -0.2) is 0 Å². The fourth-order valence-electron chi connectivity index (χ4n) is 2.18. The third kappa shape index (κ3) is 6.26. The molecule has 0 aromatic carbocycles. The van der Waals surface area contributed by atoms with Crippen LogP contribution in [0.2, 0.25) is 0 Å². The van der Waals surface area contributed by atoms with Crippen molar-refractivity contribution < 1.29 is 4.42 Å². The number of aryl methyl sites for hydroxylation is 1. The van der Waals surface area contributed by atoms with Gasteiger partial charge < -0.3 is 9.73 Å². The van der Waals surface area contributed by atoms with Gasteiger partial charge in [0.2, 0.25) is 0 Å². The molecule has 0 amide bonds. The highest BCUT2D eigenvalue weighted by Gasteiger charge is 2.18. The van der Waals surface area contributed by atoms with Crippen molar-refractivity contribution in [2.24, 2.45) is 0 Å². The van der Waals surface area contributed by atoms with E-state index >= 15 is 0 Å². The molecule has 3 nitrogen and oxygen atoms in total. The van der Waals surface area contributed by atoms with E-state index in [0.29, 0.717) is 6.04 Å². The molecule has 0 fully saturated rings. The molecule has 1 atom stereocenters. The van der Waals surface area contributed by atoms with Gasteiger partial charge in [0.15, 0.2) is 0 Å². The van der Waals surface area contributed by atoms with E-state index in [2.05, 4.69) is 51.0 Å². The Labute approximate surface area is 118 Å². The summed E-state index contributed by atoms with van der Waals surface area (Å²) in [5.74, 6) is 2.04. The first kappa shape index (κ1) is 16.3. The Hall–Kier alpha value is -0.800. The number of nitrogens with zero attached hydrogens (tertiary/aromatic N) is 1. The number of hydrogen-bond donors (Lipinski definition) is 1. The summed E-state index contributed by atoms with van der Waals surface area (Å²) in [6.45, 7) is 12.8. The molecule has 1 N–H and O–H groups in total. The molecule has 0 aliphatic carbocycles. The minimum atomic E-state index is 0.175. The Kier molecular flexibility index (Phi) is 6.08. The maximum atomic E-state index is 5.67. The molecule has 0 aliphatic heterocycles. The molecule has 19 heavy (non-hydrogen) atoms. The third-order valence-corrected chi connectivity index (χ3v) is 3.31. The Morgan fingerprint density at radius 1 is 1.32 bits per heavy atom. The molecular formula is C16H30N2O. The molecule has 0 saturated carbocycles. The smallest absolute Gasteiger partial charge is 0.118 e. The van der Waals surface area contributed by atoms with Crippen molar-refractivity contribution in [2.45, 2.75) is 65.6 Å². The fraction of sp³-hybridized carbons (Fsp3) is 0.750. The van der Waals surface area contributed by atoms with Gasteiger partial charge in [-0.3, -0.25) is 4.90 Å². The van der Waals surface area contributed by atoms with Crippen LogP contribution >= 0.6 is 0 Å². The number of nitrogens with one attached hydrogen (secondary N) is 1. The summed E-state index contributed by atoms with van der Waals surface area (Å²) in [5, 5.41) is 3.61. The lowest BCUT2D eigenvalue weighted by atomic mass is 10.1. The summed E-state index contributed by atoms with van der Waals surface area (Å²) >= 11 is 0. The average molecular weight is 266 g/mol. The first-order valence-electron chi connectivity index (χ1n) is 7.32. The van der Waals surface area contributed by atoms with Gasteiger partial charge in [-0.15, -0.1) is 0 Å². The summed E-state index contributed by atoms with van der Waals surface area (Å²) in [5.41, 5.74) is 0.175. The summed E-state index contributed by atoms with van der Waals surface area (Å²) in [6, 6.07) is 4.66. The van der Waals surface area contributed by atoms with Crippen molar-refractivity contribution in [1.82, 2.24) is 10.2 Å². The van der Waals surface area contributed by atoms with Crippen molar-refractivity contribution in [1.29, 1.82) is 0 Å². The van der Waals surface area contributed by atoms with E-state index in [1.807, 2.05) is 13.0 Å². The Morgan fingerprint density at radius 2 is 2.00 bits per heavy atom. The summed E-state index contributed by atoms with van der Waals surface area (Å²) < 4.78 is 5.67. The topological polar surface area (TPSA) is 28.4 Å². The highest BCUT2D eigenvalue weighted by Crippen LogP contribution is 2.13. The molecule has 0 aliphatic rings. The van der Waals surface area contributed by atoms with Crippen molar-refractivity contribution in [2.75, 3.05) is 13.6 Å². The molecule has 0 bridgehead atoms. The minimum Gasteiger partial charge on any atom is -0.465 e. The van der Waals surface area contributed by atoms with Gasteiger partial charge in [0.1, 0.15) is 11.5 Å². The molecule has 1 heterocycles. The lowest BCUT2D eigenvalue weighted by Gasteiger charge is -2.31. The molecule has 0 radical (unpaired) electrons. The largest absolute Gasteiger partial charge is 0.465 e. The van der Waals surface area contributed by atoms with Gasteiger partial charge in [0.25, 0.3) is 0 Å². The van der Waals surface area contributed by atoms with E-state index in [0.717, 1.165) is 24.6 Å². The van der Waals surface area contributed by atoms with E-state index in [1.54, 1.807) is 0 Å². The van der Waals surface area contributed by atoms with Crippen LogP contribution in [0.4, 0.5) is 0 Å². The molecule has 1 rings (SSSR count). The van der Waals surface area contributed by atoms with Gasteiger partial charge in [0.05, 0.1) is 6.54 Å². The van der Waals surface area contributed by atoms with Gasteiger partial charge in [0, 0.05) is 18.1 Å². The molecular weight excluding hydrogens is 236 g/mol. The van der Waals surface area contributed by atoms with Gasteiger partial charge in [-0.05, 0) is 53.3 Å². The van der Waals surface area contributed by atoms with Crippen LogP contribution in [0.1, 0.15) is 52.1 Å². The SMILES string of the molecule is CCCC(CNC(C)(C)C)N(C)Cc1ccc(C)o1. The van der Waals surface area contributed by atoms with Crippen LogP contribution in [-0.4, -0.2) is 30.1 Å². The second-order valence-electron chi connectivity index (χ2n) is 6.50. The van der Waals surface area contributed by atoms with Crippen LogP contribution < -0.4 is 5.32 Å². The van der Waals surface area contributed by atoms with Gasteiger partial charge >= 0.3 is 0 Å². The van der Waals surface area contributed by atoms with E-state index in [9.17, 15) is 0 Å². The Morgan fingerprint density at radius 3 is 2.47 bits per heavy atom.